The number of ether oxygens (including phenoxy) is 1. The molecular formula is C25H31Cl2N3O5S. The molecule has 0 aromatic heterocycles. The van der Waals surface area contributed by atoms with Gasteiger partial charge in [0, 0.05) is 17.6 Å². The van der Waals surface area contributed by atoms with Crippen LogP contribution in [0, 0.1) is 0 Å². The highest BCUT2D eigenvalue weighted by Gasteiger charge is 2.31. The molecule has 0 radical (unpaired) electrons. The maximum atomic E-state index is 13.6. The minimum absolute atomic E-state index is 0.0404. The fourth-order valence-corrected chi connectivity index (χ4v) is 5.50. The Hall–Kier alpha value is -2.49. The topological polar surface area (TPSA) is 96.0 Å². The summed E-state index contributed by atoms with van der Waals surface area (Å²) in [6.45, 7) is 1.15. The number of benzene rings is 2. The molecule has 2 amide bonds. The maximum absolute atomic E-state index is 13.6. The van der Waals surface area contributed by atoms with Gasteiger partial charge in [-0.1, -0.05) is 54.2 Å². The van der Waals surface area contributed by atoms with Gasteiger partial charge in [0.15, 0.2) is 0 Å². The van der Waals surface area contributed by atoms with Crippen LogP contribution in [0.5, 0.6) is 5.75 Å². The van der Waals surface area contributed by atoms with Crippen LogP contribution in [0.3, 0.4) is 0 Å². The lowest BCUT2D eigenvalue weighted by atomic mass is 10.1. The highest BCUT2D eigenvalue weighted by atomic mass is 35.5. The fourth-order valence-electron chi connectivity index (χ4n) is 4.21. The van der Waals surface area contributed by atoms with Crippen molar-refractivity contribution in [2.75, 3.05) is 24.2 Å². The molecule has 11 heteroatoms. The normalized spacial score (nSPS) is 14.8. The van der Waals surface area contributed by atoms with Crippen molar-refractivity contribution in [1.29, 1.82) is 0 Å². The van der Waals surface area contributed by atoms with Gasteiger partial charge in [0.05, 0.1) is 24.1 Å². The smallest absolute Gasteiger partial charge is 0.244 e. The van der Waals surface area contributed by atoms with E-state index in [1.165, 1.54) is 30.2 Å². The van der Waals surface area contributed by atoms with Crippen LogP contribution in [-0.2, 0) is 26.2 Å². The van der Waals surface area contributed by atoms with Gasteiger partial charge in [0.1, 0.15) is 18.3 Å². The van der Waals surface area contributed by atoms with Gasteiger partial charge in [-0.15, -0.1) is 0 Å². The minimum atomic E-state index is -3.87. The molecule has 0 aliphatic heterocycles. The maximum Gasteiger partial charge on any atom is 0.244 e. The molecule has 0 spiro atoms. The first-order valence-corrected chi connectivity index (χ1v) is 14.3. The number of sulfonamides is 1. The predicted molar refractivity (Wildman–Crippen MR) is 142 cm³/mol. The third kappa shape index (κ3) is 7.05. The van der Waals surface area contributed by atoms with Crippen LogP contribution in [0.15, 0.2) is 42.5 Å². The molecule has 1 unspecified atom stereocenters. The second kappa shape index (κ2) is 12.2. The average Bonchev–Trinajstić information content (AvgIpc) is 3.33. The molecule has 36 heavy (non-hydrogen) atoms. The van der Waals surface area contributed by atoms with Crippen molar-refractivity contribution in [2.45, 2.75) is 51.2 Å². The molecule has 2 aromatic rings. The molecule has 0 heterocycles. The van der Waals surface area contributed by atoms with E-state index in [1.54, 1.807) is 31.2 Å². The molecule has 8 nitrogen and oxygen atoms in total. The zero-order valence-electron chi connectivity index (χ0n) is 20.5. The van der Waals surface area contributed by atoms with Gasteiger partial charge < -0.3 is 15.0 Å². The second-order valence-electron chi connectivity index (χ2n) is 8.87. The van der Waals surface area contributed by atoms with Crippen LogP contribution in [0.25, 0.3) is 0 Å². The monoisotopic (exact) mass is 555 g/mol. The van der Waals surface area contributed by atoms with Crippen LogP contribution in [0.2, 0.25) is 10.0 Å². The number of nitrogens with one attached hydrogen (secondary N) is 1. The van der Waals surface area contributed by atoms with Crippen molar-refractivity contribution in [3.8, 4) is 5.75 Å². The number of rotatable bonds is 10. The summed E-state index contributed by atoms with van der Waals surface area (Å²) < 4.78 is 31.5. The molecule has 1 atom stereocenters. The quantitative estimate of drug-likeness (QED) is 0.472. The van der Waals surface area contributed by atoms with Crippen LogP contribution < -0.4 is 14.4 Å². The number of nitrogens with zero attached hydrogens (tertiary/aromatic N) is 2. The zero-order chi connectivity index (χ0) is 26.5. The van der Waals surface area contributed by atoms with Crippen molar-refractivity contribution < 1.29 is 22.7 Å². The Kier molecular flexibility index (Phi) is 9.49. The molecule has 1 aliphatic carbocycles. The average molecular weight is 557 g/mol. The summed E-state index contributed by atoms with van der Waals surface area (Å²) in [4.78, 5) is 28.1. The van der Waals surface area contributed by atoms with Crippen molar-refractivity contribution in [2.24, 2.45) is 0 Å². The minimum Gasteiger partial charge on any atom is -0.495 e. The second-order valence-corrected chi connectivity index (χ2v) is 11.6. The summed E-state index contributed by atoms with van der Waals surface area (Å²) in [6, 6.07) is 10.7. The summed E-state index contributed by atoms with van der Waals surface area (Å²) in [6.07, 6.45) is 4.91. The lowest BCUT2D eigenvalue weighted by molar-refractivity contribution is -0.139. The first-order chi connectivity index (χ1) is 17.0. The van der Waals surface area contributed by atoms with Crippen LogP contribution in [0.1, 0.15) is 38.2 Å². The van der Waals surface area contributed by atoms with E-state index in [4.69, 9.17) is 27.9 Å². The number of hydrogen-bond donors (Lipinski definition) is 1. The van der Waals surface area contributed by atoms with Gasteiger partial charge in [0.25, 0.3) is 0 Å². The van der Waals surface area contributed by atoms with Crippen molar-refractivity contribution in [3.05, 3.63) is 58.1 Å². The van der Waals surface area contributed by atoms with E-state index in [-0.39, 0.29) is 29.2 Å². The molecule has 1 N–H and O–H groups in total. The van der Waals surface area contributed by atoms with E-state index in [0.29, 0.717) is 16.3 Å². The number of carbonyl (C=O) groups excluding carboxylic acids is 2. The number of methoxy groups -OCH3 is 1. The Morgan fingerprint density at radius 3 is 2.36 bits per heavy atom. The van der Waals surface area contributed by atoms with Crippen LogP contribution in [-0.4, -0.2) is 57.1 Å². The van der Waals surface area contributed by atoms with Crippen LogP contribution in [0.4, 0.5) is 5.69 Å². The van der Waals surface area contributed by atoms with Gasteiger partial charge in [-0.25, -0.2) is 8.42 Å². The summed E-state index contributed by atoms with van der Waals surface area (Å²) in [7, 11) is -2.42. The van der Waals surface area contributed by atoms with Gasteiger partial charge >= 0.3 is 0 Å². The Balaban J connectivity index is 1.91. The number of amides is 2. The SMILES string of the molecule is COc1ccc(N(CC(=O)N(Cc2ccccc2Cl)C(C)C(=O)NC2CCCC2)S(C)(=O)=O)cc1Cl. The third-order valence-electron chi connectivity index (χ3n) is 6.27. The van der Waals surface area contributed by atoms with E-state index in [2.05, 4.69) is 5.32 Å². The molecule has 1 fully saturated rings. The molecule has 1 saturated carbocycles. The van der Waals surface area contributed by atoms with E-state index in [1.807, 2.05) is 0 Å². The van der Waals surface area contributed by atoms with E-state index < -0.39 is 28.5 Å². The van der Waals surface area contributed by atoms with Crippen molar-refractivity contribution in [1.82, 2.24) is 10.2 Å². The van der Waals surface area contributed by atoms with E-state index in [0.717, 1.165) is 36.2 Å². The number of hydrogen-bond acceptors (Lipinski definition) is 5. The largest absolute Gasteiger partial charge is 0.495 e. The van der Waals surface area contributed by atoms with Gasteiger partial charge in [-0.3, -0.25) is 13.9 Å². The summed E-state index contributed by atoms with van der Waals surface area (Å²) in [5.41, 5.74) is 0.851. The van der Waals surface area contributed by atoms with E-state index >= 15 is 0 Å². The lowest BCUT2D eigenvalue weighted by Crippen LogP contribution is -2.52. The third-order valence-corrected chi connectivity index (χ3v) is 8.07. The Morgan fingerprint density at radius 2 is 1.78 bits per heavy atom. The predicted octanol–water partition coefficient (Wildman–Crippen LogP) is 4.24. The van der Waals surface area contributed by atoms with Gasteiger partial charge in [-0.2, -0.15) is 0 Å². The Bertz CT molecular complexity index is 1200. The highest BCUT2D eigenvalue weighted by Crippen LogP contribution is 2.30. The molecular weight excluding hydrogens is 525 g/mol. The standard InChI is InChI=1S/C25H31Cl2N3O5S/c1-17(25(32)28-19-9-5-6-10-19)29(15-18-8-4-7-11-21(18)26)24(31)16-30(36(3,33)34)20-12-13-23(35-2)22(27)14-20/h4,7-8,11-14,17,19H,5-6,9-10,15-16H2,1-3H3,(H,28,32). The van der Waals surface area contributed by atoms with E-state index in [9.17, 15) is 18.0 Å². The van der Waals surface area contributed by atoms with Crippen molar-refractivity contribution in [3.63, 3.8) is 0 Å². The molecule has 0 bridgehead atoms. The first kappa shape index (κ1) is 28.1. The van der Waals surface area contributed by atoms with Gasteiger partial charge in [-0.05, 0) is 49.6 Å². The summed E-state index contributed by atoms with van der Waals surface area (Å²) in [5.74, 6) is -0.472. The molecule has 1 aliphatic rings. The fraction of sp³-hybridized carbons (Fsp3) is 0.440. The van der Waals surface area contributed by atoms with Gasteiger partial charge in [0.2, 0.25) is 21.8 Å². The zero-order valence-corrected chi connectivity index (χ0v) is 22.9. The molecule has 0 saturated heterocycles. The van der Waals surface area contributed by atoms with Crippen molar-refractivity contribution >= 4 is 50.7 Å². The molecule has 2 aromatic carbocycles. The Morgan fingerprint density at radius 1 is 1.11 bits per heavy atom. The lowest BCUT2D eigenvalue weighted by Gasteiger charge is -2.32. The summed E-state index contributed by atoms with van der Waals surface area (Å²) >= 11 is 12.6. The first-order valence-electron chi connectivity index (χ1n) is 11.7. The number of halogens is 2. The Labute approximate surface area is 222 Å². The number of carbonyl (C=O) groups is 2. The molecule has 3 rings (SSSR count). The number of anilines is 1. The summed E-state index contributed by atoms with van der Waals surface area (Å²) in [5, 5.41) is 3.67. The van der Waals surface area contributed by atoms with Crippen LogP contribution >= 0.6 is 23.2 Å². The highest BCUT2D eigenvalue weighted by molar-refractivity contribution is 7.92. The molecule has 196 valence electrons.